The van der Waals surface area contributed by atoms with E-state index in [4.69, 9.17) is 15.2 Å². The van der Waals surface area contributed by atoms with Crippen molar-refractivity contribution in [2.24, 2.45) is 5.73 Å². The van der Waals surface area contributed by atoms with Gasteiger partial charge in [0.25, 0.3) is 0 Å². The molecule has 1 amide bonds. The van der Waals surface area contributed by atoms with Crippen LogP contribution >= 0.6 is 12.4 Å². The van der Waals surface area contributed by atoms with Crippen molar-refractivity contribution in [3.05, 3.63) is 23.8 Å². The molecule has 0 bridgehead atoms. The third-order valence-electron chi connectivity index (χ3n) is 2.69. The molecule has 0 fully saturated rings. The van der Waals surface area contributed by atoms with E-state index in [1.54, 1.807) is 6.92 Å². The Hall–Kier alpha value is -1.46. The van der Waals surface area contributed by atoms with E-state index in [-0.39, 0.29) is 18.3 Å². The Morgan fingerprint density at radius 1 is 1.37 bits per heavy atom. The number of nitrogens with one attached hydrogen (secondary N) is 1. The van der Waals surface area contributed by atoms with Gasteiger partial charge in [-0.15, -0.1) is 12.4 Å². The van der Waals surface area contributed by atoms with Crippen LogP contribution in [-0.2, 0) is 11.3 Å². The molecule has 1 atom stereocenters. The summed E-state index contributed by atoms with van der Waals surface area (Å²) >= 11 is 0. The first-order valence-electron chi connectivity index (χ1n) is 6.08. The van der Waals surface area contributed by atoms with Gasteiger partial charge in [0.1, 0.15) is 0 Å². The van der Waals surface area contributed by atoms with Gasteiger partial charge in [-0.3, -0.25) is 4.79 Å². The lowest BCUT2D eigenvalue weighted by Crippen LogP contribution is -2.37. The van der Waals surface area contributed by atoms with Crippen molar-refractivity contribution in [2.45, 2.75) is 25.9 Å². The molecule has 1 aromatic rings. The number of hydrogen-bond acceptors (Lipinski definition) is 4. The predicted octanol–water partition coefficient (Wildman–Crippen LogP) is 1.23. The molecule has 5 nitrogen and oxygen atoms in total. The molecule has 0 spiro atoms. The molecular weight excluding hydrogens is 268 g/mol. The molecule has 1 aliphatic heterocycles. The normalized spacial score (nSPS) is 14.8. The molecule has 2 rings (SSSR count). The Bertz CT molecular complexity index is 438. The standard InChI is InChI=1S/C13H18N2O3.ClH/c1-9(14)13(16)15-8-10-3-4-11-12(7-10)18-6-2-5-17-11;/h3-4,7,9H,2,5-6,8,14H2,1H3,(H,15,16);1H/t9-;/m1./s1. The van der Waals surface area contributed by atoms with Crippen molar-refractivity contribution in [3.63, 3.8) is 0 Å². The van der Waals surface area contributed by atoms with Gasteiger partial charge in [-0.2, -0.15) is 0 Å². The summed E-state index contributed by atoms with van der Waals surface area (Å²) in [5.74, 6) is 1.33. The van der Waals surface area contributed by atoms with E-state index in [0.29, 0.717) is 19.8 Å². The fraction of sp³-hybridized carbons (Fsp3) is 0.462. The highest BCUT2D eigenvalue weighted by Gasteiger charge is 2.11. The molecule has 1 aliphatic rings. The molecular formula is C13H19ClN2O3. The molecule has 0 unspecified atom stereocenters. The lowest BCUT2D eigenvalue weighted by atomic mass is 10.2. The Morgan fingerprint density at radius 2 is 2.05 bits per heavy atom. The van der Waals surface area contributed by atoms with Crippen molar-refractivity contribution in [2.75, 3.05) is 13.2 Å². The SMILES string of the molecule is C[C@@H](N)C(=O)NCc1ccc2c(c1)OCCCO2.Cl. The lowest BCUT2D eigenvalue weighted by molar-refractivity contribution is -0.122. The van der Waals surface area contributed by atoms with Crippen LogP contribution in [0.25, 0.3) is 0 Å². The molecule has 106 valence electrons. The molecule has 1 heterocycles. The van der Waals surface area contributed by atoms with Gasteiger partial charge >= 0.3 is 0 Å². The number of hydrogen-bond donors (Lipinski definition) is 2. The lowest BCUT2D eigenvalue weighted by Gasteiger charge is -2.11. The van der Waals surface area contributed by atoms with Gasteiger partial charge in [-0.1, -0.05) is 6.07 Å². The smallest absolute Gasteiger partial charge is 0.236 e. The van der Waals surface area contributed by atoms with E-state index in [1.807, 2.05) is 18.2 Å². The molecule has 3 N–H and O–H groups in total. The number of benzene rings is 1. The molecule has 19 heavy (non-hydrogen) atoms. The summed E-state index contributed by atoms with van der Waals surface area (Å²) in [4.78, 5) is 11.4. The zero-order valence-electron chi connectivity index (χ0n) is 10.8. The van der Waals surface area contributed by atoms with Crippen LogP contribution in [0.1, 0.15) is 18.9 Å². The number of rotatable bonds is 3. The second kappa shape index (κ2) is 7.21. The van der Waals surface area contributed by atoms with Gasteiger partial charge in [-0.05, 0) is 24.6 Å². The van der Waals surface area contributed by atoms with Crippen LogP contribution in [0.4, 0.5) is 0 Å². The quantitative estimate of drug-likeness (QED) is 0.877. The third-order valence-corrected chi connectivity index (χ3v) is 2.69. The van der Waals surface area contributed by atoms with E-state index in [2.05, 4.69) is 5.32 Å². The molecule has 6 heteroatoms. The summed E-state index contributed by atoms with van der Waals surface area (Å²) in [6.07, 6.45) is 0.880. The fourth-order valence-corrected chi connectivity index (χ4v) is 1.67. The maximum Gasteiger partial charge on any atom is 0.236 e. The number of nitrogens with two attached hydrogens (primary N) is 1. The zero-order valence-corrected chi connectivity index (χ0v) is 11.7. The summed E-state index contributed by atoms with van der Waals surface area (Å²) < 4.78 is 11.1. The predicted molar refractivity (Wildman–Crippen MR) is 74.8 cm³/mol. The number of halogens is 1. The van der Waals surface area contributed by atoms with Gasteiger partial charge < -0.3 is 20.5 Å². The fourth-order valence-electron chi connectivity index (χ4n) is 1.67. The Labute approximate surface area is 118 Å². The Morgan fingerprint density at radius 3 is 2.74 bits per heavy atom. The highest BCUT2D eigenvalue weighted by Crippen LogP contribution is 2.30. The first-order chi connectivity index (χ1) is 8.66. The van der Waals surface area contributed by atoms with E-state index in [9.17, 15) is 4.79 Å². The molecule has 0 saturated heterocycles. The van der Waals surface area contributed by atoms with Crippen LogP contribution in [0.3, 0.4) is 0 Å². The number of carbonyl (C=O) groups is 1. The van der Waals surface area contributed by atoms with Crippen molar-refractivity contribution in [3.8, 4) is 11.5 Å². The topological polar surface area (TPSA) is 73.6 Å². The summed E-state index contributed by atoms with van der Waals surface area (Å²) in [7, 11) is 0. The zero-order chi connectivity index (χ0) is 13.0. The number of ether oxygens (including phenoxy) is 2. The number of carbonyl (C=O) groups excluding carboxylic acids is 1. The third kappa shape index (κ3) is 4.29. The molecule has 0 radical (unpaired) electrons. The van der Waals surface area contributed by atoms with E-state index in [0.717, 1.165) is 23.5 Å². The highest BCUT2D eigenvalue weighted by molar-refractivity contribution is 5.85. The molecule has 1 aromatic carbocycles. The molecule has 0 aliphatic carbocycles. The van der Waals surface area contributed by atoms with Crippen molar-refractivity contribution in [1.82, 2.24) is 5.32 Å². The minimum atomic E-state index is -0.495. The van der Waals surface area contributed by atoms with Crippen molar-refractivity contribution >= 4 is 18.3 Å². The van der Waals surface area contributed by atoms with Crippen LogP contribution in [0.2, 0.25) is 0 Å². The van der Waals surface area contributed by atoms with Gasteiger partial charge in [0.2, 0.25) is 5.91 Å². The van der Waals surface area contributed by atoms with Crippen LogP contribution < -0.4 is 20.5 Å². The molecule has 0 aromatic heterocycles. The van der Waals surface area contributed by atoms with E-state index >= 15 is 0 Å². The largest absolute Gasteiger partial charge is 0.490 e. The summed E-state index contributed by atoms with van der Waals surface area (Å²) in [6, 6.07) is 5.18. The first-order valence-corrected chi connectivity index (χ1v) is 6.08. The second-order valence-corrected chi connectivity index (χ2v) is 4.34. The summed E-state index contributed by atoms with van der Waals surface area (Å²) in [6.45, 7) is 3.43. The highest BCUT2D eigenvalue weighted by atomic mass is 35.5. The first kappa shape index (κ1) is 15.6. The maximum atomic E-state index is 11.4. The summed E-state index contributed by atoms with van der Waals surface area (Å²) in [5, 5.41) is 2.76. The van der Waals surface area contributed by atoms with Gasteiger partial charge in [0.05, 0.1) is 19.3 Å². The average Bonchev–Trinajstić information content (AvgIpc) is 2.60. The van der Waals surface area contributed by atoms with Gasteiger partial charge in [0.15, 0.2) is 11.5 Å². The van der Waals surface area contributed by atoms with Crippen LogP contribution in [0.15, 0.2) is 18.2 Å². The number of fused-ring (bicyclic) bond motifs is 1. The van der Waals surface area contributed by atoms with Crippen LogP contribution in [0.5, 0.6) is 11.5 Å². The minimum absolute atomic E-state index is 0. The molecule has 0 saturated carbocycles. The van der Waals surface area contributed by atoms with Crippen molar-refractivity contribution < 1.29 is 14.3 Å². The Balaban J connectivity index is 0.00000180. The van der Waals surface area contributed by atoms with Gasteiger partial charge in [0, 0.05) is 13.0 Å². The maximum absolute atomic E-state index is 11.4. The summed E-state index contributed by atoms with van der Waals surface area (Å²) in [5.41, 5.74) is 6.44. The van der Waals surface area contributed by atoms with Gasteiger partial charge in [-0.25, -0.2) is 0 Å². The average molecular weight is 287 g/mol. The van der Waals surface area contributed by atoms with E-state index in [1.165, 1.54) is 0 Å². The van der Waals surface area contributed by atoms with Crippen molar-refractivity contribution in [1.29, 1.82) is 0 Å². The number of amides is 1. The monoisotopic (exact) mass is 286 g/mol. The Kier molecular flexibility index (Phi) is 5.92. The second-order valence-electron chi connectivity index (χ2n) is 4.34. The van der Waals surface area contributed by atoms with E-state index < -0.39 is 6.04 Å². The minimum Gasteiger partial charge on any atom is -0.490 e. The van der Waals surface area contributed by atoms with Crippen LogP contribution in [0, 0.1) is 0 Å². The van der Waals surface area contributed by atoms with Crippen LogP contribution in [-0.4, -0.2) is 25.2 Å².